The van der Waals surface area contributed by atoms with Crippen LogP contribution in [0.25, 0.3) is 0 Å². The lowest BCUT2D eigenvalue weighted by molar-refractivity contribution is -0.117. The molecule has 1 aromatic carbocycles. The number of benzene rings is 1. The molecule has 5 nitrogen and oxygen atoms in total. The van der Waals surface area contributed by atoms with Crippen molar-refractivity contribution in [3.05, 3.63) is 47.3 Å². The van der Waals surface area contributed by atoms with Crippen LogP contribution < -0.4 is 5.32 Å². The van der Waals surface area contributed by atoms with Crippen molar-refractivity contribution >= 4 is 11.6 Å². The Kier molecular flexibility index (Phi) is 4.48. The molecule has 2 heterocycles. The predicted molar refractivity (Wildman–Crippen MR) is 91.3 cm³/mol. The summed E-state index contributed by atoms with van der Waals surface area (Å²) in [5.74, 6) is 0.0343. The van der Waals surface area contributed by atoms with E-state index < -0.39 is 0 Å². The zero-order valence-electron chi connectivity index (χ0n) is 14.0. The van der Waals surface area contributed by atoms with Crippen molar-refractivity contribution in [2.24, 2.45) is 7.05 Å². The van der Waals surface area contributed by atoms with E-state index in [2.05, 4.69) is 39.6 Å². The number of amides is 1. The molecule has 0 radical (unpaired) electrons. The van der Waals surface area contributed by atoms with Gasteiger partial charge in [0, 0.05) is 13.1 Å². The predicted octanol–water partition coefficient (Wildman–Crippen LogP) is 2.81. The minimum absolute atomic E-state index is 0.0343. The van der Waals surface area contributed by atoms with E-state index in [-0.39, 0.29) is 5.91 Å². The van der Waals surface area contributed by atoms with Crippen LogP contribution in [0.1, 0.15) is 35.8 Å². The van der Waals surface area contributed by atoms with Crippen LogP contribution in [-0.4, -0.2) is 33.7 Å². The molecule has 1 saturated heterocycles. The number of aryl methyl sites for hydroxylation is 2. The zero-order chi connectivity index (χ0) is 16.4. The van der Waals surface area contributed by atoms with Crippen LogP contribution in [0.4, 0.5) is 5.69 Å². The van der Waals surface area contributed by atoms with Crippen molar-refractivity contribution in [1.29, 1.82) is 0 Å². The number of carbonyl (C=O) groups excluding carboxylic acids is 1. The van der Waals surface area contributed by atoms with Crippen molar-refractivity contribution in [3.8, 4) is 0 Å². The Morgan fingerprint density at radius 2 is 2.04 bits per heavy atom. The van der Waals surface area contributed by atoms with E-state index in [0.717, 1.165) is 36.5 Å². The first-order chi connectivity index (χ1) is 11.1. The van der Waals surface area contributed by atoms with Gasteiger partial charge in [0.1, 0.15) is 0 Å². The van der Waals surface area contributed by atoms with Gasteiger partial charge < -0.3 is 5.32 Å². The maximum Gasteiger partial charge on any atom is 0.238 e. The standard InChI is InChI=1S/C18H24N4O/c1-13-18(14(2)21(3)20-13)19-17(23)12-22-11-7-10-16(22)15-8-5-4-6-9-15/h4-6,8-9,16H,7,10-12H2,1-3H3,(H,19,23)/t16-/m0/s1. The topological polar surface area (TPSA) is 50.2 Å². The number of hydrogen-bond acceptors (Lipinski definition) is 3. The Labute approximate surface area is 137 Å². The average Bonchev–Trinajstić information content (AvgIpc) is 3.08. The molecular formula is C18H24N4O. The summed E-state index contributed by atoms with van der Waals surface area (Å²) >= 11 is 0. The van der Waals surface area contributed by atoms with E-state index in [4.69, 9.17) is 0 Å². The minimum Gasteiger partial charge on any atom is -0.322 e. The fraction of sp³-hybridized carbons (Fsp3) is 0.444. The Balaban J connectivity index is 1.67. The van der Waals surface area contributed by atoms with Crippen LogP contribution in [0.3, 0.4) is 0 Å². The molecular weight excluding hydrogens is 288 g/mol. The SMILES string of the molecule is Cc1nn(C)c(C)c1NC(=O)CN1CCC[C@H]1c1ccccc1. The van der Waals surface area contributed by atoms with Crippen molar-refractivity contribution < 1.29 is 4.79 Å². The monoisotopic (exact) mass is 312 g/mol. The molecule has 1 aromatic heterocycles. The molecule has 0 saturated carbocycles. The van der Waals surface area contributed by atoms with E-state index >= 15 is 0 Å². The Morgan fingerprint density at radius 3 is 2.70 bits per heavy atom. The van der Waals surface area contributed by atoms with Gasteiger partial charge in [-0.25, -0.2) is 0 Å². The molecule has 1 N–H and O–H groups in total. The smallest absolute Gasteiger partial charge is 0.238 e. The van der Waals surface area contributed by atoms with Crippen molar-refractivity contribution in [2.45, 2.75) is 32.7 Å². The van der Waals surface area contributed by atoms with E-state index in [9.17, 15) is 4.79 Å². The molecule has 23 heavy (non-hydrogen) atoms. The lowest BCUT2D eigenvalue weighted by Crippen LogP contribution is -2.33. The van der Waals surface area contributed by atoms with Gasteiger partial charge in [0.05, 0.1) is 23.6 Å². The molecule has 1 amide bonds. The molecule has 0 spiro atoms. The van der Waals surface area contributed by atoms with Gasteiger partial charge in [-0.15, -0.1) is 0 Å². The molecule has 0 bridgehead atoms. The first-order valence-electron chi connectivity index (χ1n) is 8.15. The van der Waals surface area contributed by atoms with Gasteiger partial charge >= 0.3 is 0 Å². The largest absolute Gasteiger partial charge is 0.322 e. The van der Waals surface area contributed by atoms with Crippen LogP contribution in [0.2, 0.25) is 0 Å². The Hall–Kier alpha value is -2.14. The highest BCUT2D eigenvalue weighted by atomic mass is 16.2. The summed E-state index contributed by atoms with van der Waals surface area (Å²) in [5, 5.41) is 7.38. The van der Waals surface area contributed by atoms with Crippen LogP contribution in [0.15, 0.2) is 30.3 Å². The highest BCUT2D eigenvalue weighted by Gasteiger charge is 2.27. The molecule has 2 aromatic rings. The average molecular weight is 312 g/mol. The third kappa shape index (κ3) is 3.29. The summed E-state index contributed by atoms with van der Waals surface area (Å²) in [6.07, 6.45) is 2.25. The molecule has 1 aliphatic rings. The highest BCUT2D eigenvalue weighted by molar-refractivity contribution is 5.93. The minimum atomic E-state index is 0.0343. The summed E-state index contributed by atoms with van der Waals surface area (Å²) < 4.78 is 1.80. The second kappa shape index (κ2) is 6.54. The maximum absolute atomic E-state index is 12.5. The van der Waals surface area contributed by atoms with Crippen LogP contribution in [0.5, 0.6) is 0 Å². The summed E-state index contributed by atoms with van der Waals surface area (Å²) in [5.41, 5.74) is 3.98. The summed E-state index contributed by atoms with van der Waals surface area (Å²) in [7, 11) is 1.89. The molecule has 1 aliphatic heterocycles. The van der Waals surface area contributed by atoms with Gasteiger partial charge in [-0.2, -0.15) is 5.10 Å². The molecule has 1 fully saturated rings. The van der Waals surface area contributed by atoms with Crippen molar-refractivity contribution in [1.82, 2.24) is 14.7 Å². The highest BCUT2D eigenvalue weighted by Crippen LogP contribution is 2.31. The summed E-state index contributed by atoms with van der Waals surface area (Å²) in [6.45, 7) is 5.29. The number of nitrogens with zero attached hydrogens (tertiary/aromatic N) is 3. The number of rotatable bonds is 4. The molecule has 3 rings (SSSR count). The van der Waals surface area contributed by atoms with Crippen molar-refractivity contribution in [3.63, 3.8) is 0 Å². The van der Waals surface area contributed by atoms with Gasteiger partial charge in [-0.3, -0.25) is 14.4 Å². The lowest BCUT2D eigenvalue weighted by Gasteiger charge is -2.24. The van der Waals surface area contributed by atoms with Gasteiger partial charge in [0.2, 0.25) is 5.91 Å². The molecule has 0 aliphatic carbocycles. The number of likely N-dealkylation sites (tertiary alicyclic amines) is 1. The van der Waals surface area contributed by atoms with Crippen molar-refractivity contribution in [2.75, 3.05) is 18.4 Å². The maximum atomic E-state index is 12.5. The summed E-state index contributed by atoms with van der Waals surface area (Å²) in [4.78, 5) is 14.7. The number of anilines is 1. The Morgan fingerprint density at radius 1 is 1.30 bits per heavy atom. The Bertz CT molecular complexity index is 693. The number of carbonyl (C=O) groups is 1. The second-order valence-electron chi connectivity index (χ2n) is 6.26. The number of hydrogen-bond donors (Lipinski definition) is 1. The fourth-order valence-electron chi connectivity index (χ4n) is 3.39. The van der Waals surface area contributed by atoms with Gasteiger partial charge in [-0.05, 0) is 38.8 Å². The van der Waals surface area contributed by atoms with Gasteiger partial charge in [0.25, 0.3) is 0 Å². The molecule has 0 unspecified atom stereocenters. The molecule has 5 heteroatoms. The quantitative estimate of drug-likeness (QED) is 0.944. The van der Waals surface area contributed by atoms with Gasteiger partial charge in [-0.1, -0.05) is 30.3 Å². The first kappa shape index (κ1) is 15.7. The zero-order valence-corrected chi connectivity index (χ0v) is 14.0. The molecule has 1 atom stereocenters. The third-order valence-electron chi connectivity index (χ3n) is 4.67. The first-order valence-corrected chi connectivity index (χ1v) is 8.15. The van der Waals surface area contributed by atoms with E-state index in [1.165, 1.54) is 5.56 Å². The number of nitrogens with one attached hydrogen (secondary N) is 1. The van der Waals surface area contributed by atoms with E-state index in [1.807, 2.05) is 27.0 Å². The second-order valence-corrected chi connectivity index (χ2v) is 6.26. The third-order valence-corrected chi connectivity index (χ3v) is 4.67. The van der Waals surface area contributed by atoms with E-state index in [1.54, 1.807) is 4.68 Å². The summed E-state index contributed by atoms with van der Waals surface area (Å²) in [6, 6.07) is 10.8. The molecule has 122 valence electrons. The van der Waals surface area contributed by atoms with E-state index in [0.29, 0.717) is 12.6 Å². The number of aromatic nitrogens is 2. The fourth-order valence-corrected chi connectivity index (χ4v) is 3.39. The van der Waals surface area contributed by atoms with Crippen LogP contribution in [0, 0.1) is 13.8 Å². The normalized spacial score (nSPS) is 18.3. The van der Waals surface area contributed by atoms with Crippen LogP contribution >= 0.6 is 0 Å². The van der Waals surface area contributed by atoms with Crippen LogP contribution in [-0.2, 0) is 11.8 Å². The lowest BCUT2D eigenvalue weighted by atomic mass is 10.0. The van der Waals surface area contributed by atoms with Gasteiger partial charge in [0.15, 0.2) is 0 Å².